The second kappa shape index (κ2) is 12.2. The van der Waals surface area contributed by atoms with Gasteiger partial charge in [-0.15, -0.1) is 0 Å². The molecule has 1 aliphatic heterocycles. The van der Waals surface area contributed by atoms with Crippen molar-refractivity contribution in [2.45, 2.75) is 31.6 Å². The first-order valence-electron chi connectivity index (χ1n) is 9.97. The highest BCUT2D eigenvalue weighted by atomic mass is 31.2. The third-order valence-corrected chi connectivity index (χ3v) is 5.95. The van der Waals surface area contributed by atoms with Crippen molar-refractivity contribution in [3.8, 4) is 0 Å². The van der Waals surface area contributed by atoms with E-state index in [1.807, 2.05) is 0 Å². The van der Waals surface area contributed by atoms with Gasteiger partial charge in [0.25, 0.3) is 0 Å². The summed E-state index contributed by atoms with van der Waals surface area (Å²) in [5.74, 6) is -1.96. The lowest BCUT2D eigenvalue weighted by Gasteiger charge is -2.20. The van der Waals surface area contributed by atoms with Crippen LogP contribution in [0.15, 0.2) is 28.6 Å². The Bertz CT molecular complexity index is 1010. The van der Waals surface area contributed by atoms with Gasteiger partial charge in [0.2, 0.25) is 6.23 Å². The smallest absolute Gasteiger partial charge is 0.465 e. The summed E-state index contributed by atoms with van der Waals surface area (Å²) in [7, 11) is -9.95. The third-order valence-electron chi connectivity index (χ3n) is 4.58. The maximum atomic E-state index is 12.5. The van der Waals surface area contributed by atoms with Gasteiger partial charge in [0.15, 0.2) is 17.6 Å². The number of nitrogen functional groups attached to an aromatic ring is 1. The Morgan fingerprint density at radius 3 is 2.53 bits per heavy atom. The number of anilines is 1. The molecule has 0 saturated carbocycles. The molecule has 0 bridgehead atoms. The van der Waals surface area contributed by atoms with Gasteiger partial charge in [0.1, 0.15) is 12.4 Å². The fourth-order valence-electron chi connectivity index (χ4n) is 2.90. The molecule has 0 fully saturated rings. The van der Waals surface area contributed by atoms with Crippen LogP contribution in [-0.2, 0) is 27.4 Å². The van der Waals surface area contributed by atoms with E-state index in [-0.39, 0.29) is 19.0 Å². The number of phosphoric acid groups is 2. The normalized spacial score (nSPS) is 21.2. The summed E-state index contributed by atoms with van der Waals surface area (Å²) in [5, 5.41) is 20.0. The summed E-state index contributed by atoms with van der Waals surface area (Å²) < 4.78 is 43.8. The Morgan fingerprint density at radius 2 is 1.94 bits per heavy atom. The summed E-state index contributed by atoms with van der Waals surface area (Å²) in [6, 6.07) is 1.21. The van der Waals surface area contributed by atoms with Crippen LogP contribution in [0.5, 0.6) is 0 Å². The predicted molar refractivity (Wildman–Crippen MR) is 114 cm³/mol. The van der Waals surface area contributed by atoms with Crippen LogP contribution in [-0.4, -0.2) is 66.9 Å². The van der Waals surface area contributed by atoms with E-state index in [1.165, 1.54) is 6.07 Å². The van der Waals surface area contributed by atoms with Crippen LogP contribution < -0.4 is 17.2 Å². The van der Waals surface area contributed by atoms with E-state index in [2.05, 4.69) is 9.51 Å². The van der Waals surface area contributed by atoms with Crippen LogP contribution in [0.4, 0.5) is 5.82 Å². The maximum absolute atomic E-state index is 12.5. The SMILES string of the molecule is NCCCCC(CO)COP(=O)(O)OC1=C(COP(=O)(O)O)O[C@@H](n2ccc(N)nc2=O)C1O. The highest BCUT2D eigenvalue weighted by molar-refractivity contribution is 7.47. The first kappa shape index (κ1) is 28.4. The quantitative estimate of drug-likeness (QED) is 0.111. The summed E-state index contributed by atoms with van der Waals surface area (Å²) in [4.78, 5) is 43.6. The van der Waals surface area contributed by atoms with Crippen LogP contribution in [0.2, 0.25) is 0 Å². The molecule has 0 radical (unpaired) electrons. The number of phosphoric ester groups is 2. The predicted octanol–water partition coefficient (Wildman–Crippen LogP) is -1.09. The van der Waals surface area contributed by atoms with E-state index < -0.39 is 57.7 Å². The van der Waals surface area contributed by atoms with E-state index >= 15 is 0 Å². The van der Waals surface area contributed by atoms with Gasteiger partial charge in [-0.05, 0) is 25.5 Å². The fraction of sp³-hybridized carbons (Fsp3) is 0.625. The number of nitrogens with two attached hydrogens (primary N) is 2. The monoisotopic (exact) mass is 530 g/mol. The zero-order valence-electron chi connectivity index (χ0n) is 17.9. The van der Waals surface area contributed by atoms with Crippen molar-refractivity contribution in [1.82, 2.24) is 9.55 Å². The first-order valence-corrected chi connectivity index (χ1v) is 13.0. The summed E-state index contributed by atoms with van der Waals surface area (Å²) in [6.45, 7) is -1.25. The lowest BCUT2D eigenvalue weighted by atomic mass is 10.0. The fourth-order valence-corrected chi connectivity index (χ4v) is 4.09. The minimum absolute atomic E-state index is 0.124. The number of aromatic nitrogens is 2. The molecule has 0 aliphatic carbocycles. The van der Waals surface area contributed by atoms with E-state index in [0.717, 1.165) is 10.8 Å². The van der Waals surface area contributed by atoms with Crippen LogP contribution in [0.25, 0.3) is 0 Å². The molecule has 1 aromatic heterocycles. The van der Waals surface area contributed by atoms with Crippen LogP contribution in [0, 0.1) is 5.92 Å². The van der Waals surface area contributed by atoms with Gasteiger partial charge < -0.3 is 40.7 Å². The molecule has 3 unspecified atom stereocenters. The van der Waals surface area contributed by atoms with Gasteiger partial charge in [0, 0.05) is 18.7 Å². The van der Waals surface area contributed by atoms with Crippen molar-refractivity contribution in [3.05, 3.63) is 34.3 Å². The minimum atomic E-state index is -5.02. The zero-order chi connectivity index (χ0) is 25.5. The molecule has 0 aromatic carbocycles. The number of nitrogens with zero attached hydrogens (tertiary/aromatic N) is 2. The minimum Gasteiger partial charge on any atom is -0.465 e. The van der Waals surface area contributed by atoms with Crippen molar-refractivity contribution in [3.63, 3.8) is 0 Å². The largest absolute Gasteiger partial charge is 0.527 e. The van der Waals surface area contributed by atoms with E-state index in [1.54, 1.807) is 0 Å². The van der Waals surface area contributed by atoms with Gasteiger partial charge >= 0.3 is 21.3 Å². The standard InChI is InChI=1S/C16H28N4O12P2/c17-5-2-1-3-10(7-21)8-30-34(27,28)32-14-11(9-29-33(24,25)26)31-15(13(14)22)20-6-4-12(18)19-16(20)23/h4,6,10,13,15,21-22H,1-3,5,7-9,17H2,(H,27,28)(H2,18,19,23)(H2,24,25,26)/t10?,13?,15-/m1/s1. The molecular formula is C16H28N4O12P2. The van der Waals surface area contributed by atoms with Crippen molar-refractivity contribution in [2.24, 2.45) is 11.7 Å². The average molecular weight is 530 g/mol. The molecule has 2 heterocycles. The number of rotatable bonds is 14. The Morgan fingerprint density at radius 1 is 1.24 bits per heavy atom. The van der Waals surface area contributed by atoms with E-state index in [4.69, 9.17) is 35.0 Å². The number of aliphatic hydroxyl groups is 2. The molecule has 2 rings (SSSR count). The summed E-state index contributed by atoms with van der Waals surface area (Å²) >= 11 is 0. The number of ether oxygens (including phenoxy) is 1. The first-order chi connectivity index (χ1) is 15.9. The molecule has 0 spiro atoms. The third kappa shape index (κ3) is 8.43. The van der Waals surface area contributed by atoms with Crippen LogP contribution in [0.3, 0.4) is 0 Å². The lowest BCUT2D eigenvalue weighted by Crippen LogP contribution is -2.33. The van der Waals surface area contributed by atoms with Crippen LogP contribution in [0.1, 0.15) is 25.5 Å². The second-order valence-corrected chi connectivity index (χ2v) is 9.85. The molecular weight excluding hydrogens is 502 g/mol. The Balaban J connectivity index is 2.21. The zero-order valence-corrected chi connectivity index (χ0v) is 19.7. The van der Waals surface area contributed by atoms with E-state index in [0.29, 0.717) is 25.8 Å². The van der Waals surface area contributed by atoms with Crippen molar-refractivity contribution in [1.29, 1.82) is 0 Å². The lowest BCUT2D eigenvalue weighted by molar-refractivity contribution is -0.0175. The van der Waals surface area contributed by atoms with Crippen molar-refractivity contribution in [2.75, 3.05) is 32.1 Å². The molecule has 9 N–H and O–H groups in total. The molecule has 1 aromatic rings. The molecule has 34 heavy (non-hydrogen) atoms. The molecule has 0 saturated heterocycles. The van der Waals surface area contributed by atoms with Crippen molar-refractivity contribution >= 4 is 21.5 Å². The number of hydrogen-bond acceptors (Lipinski definition) is 12. The van der Waals surface area contributed by atoms with Gasteiger partial charge in [-0.25, -0.2) is 13.9 Å². The van der Waals surface area contributed by atoms with Crippen molar-refractivity contribution < 1.29 is 52.3 Å². The number of hydrogen-bond donors (Lipinski definition) is 7. The van der Waals surface area contributed by atoms with Gasteiger partial charge in [0.05, 0.1) is 6.61 Å². The van der Waals surface area contributed by atoms with Crippen LogP contribution >= 0.6 is 15.6 Å². The summed E-state index contributed by atoms with van der Waals surface area (Å²) in [5.41, 5.74) is 9.88. The molecule has 16 nitrogen and oxygen atoms in total. The topological polar surface area (TPSA) is 259 Å². The molecule has 0 amide bonds. The highest BCUT2D eigenvalue weighted by Crippen LogP contribution is 2.50. The molecule has 194 valence electrons. The van der Waals surface area contributed by atoms with Gasteiger partial charge in [-0.2, -0.15) is 4.98 Å². The second-order valence-electron chi connectivity index (χ2n) is 7.24. The number of unbranched alkanes of at least 4 members (excludes halogenated alkanes) is 1. The maximum Gasteiger partial charge on any atom is 0.527 e. The Kier molecular flexibility index (Phi) is 10.2. The molecule has 1 aliphatic rings. The van der Waals surface area contributed by atoms with Gasteiger partial charge in [-0.3, -0.25) is 18.5 Å². The van der Waals surface area contributed by atoms with Gasteiger partial charge in [-0.1, -0.05) is 6.42 Å². The summed E-state index contributed by atoms with van der Waals surface area (Å²) in [6.07, 6.45) is -0.587. The molecule has 4 atom stereocenters. The Labute approximate surface area is 193 Å². The Hall–Kier alpha value is -1.84. The van der Waals surface area contributed by atoms with E-state index in [9.17, 15) is 29.0 Å². The molecule has 18 heteroatoms. The number of aliphatic hydroxyl groups excluding tert-OH is 2. The highest BCUT2D eigenvalue weighted by Gasteiger charge is 2.43. The average Bonchev–Trinajstić information content (AvgIpc) is 3.03.